The first-order valence-corrected chi connectivity index (χ1v) is 6.15. The number of ether oxygens (including phenoxy) is 2. The second-order valence-electron chi connectivity index (χ2n) is 4.63. The number of fused-ring (bicyclic) bond motifs is 2. The number of pyridine rings is 1. The molecule has 1 aliphatic rings. The Labute approximate surface area is 114 Å². The molecule has 0 aliphatic carbocycles. The first-order chi connectivity index (χ1) is 9.72. The van der Waals surface area contributed by atoms with Crippen LogP contribution in [0, 0.1) is 6.92 Å². The number of anilines is 1. The quantitative estimate of drug-likeness (QED) is 0.730. The van der Waals surface area contributed by atoms with Gasteiger partial charge >= 0.3 is 0 Å². The predicted octanol–water partition coefficient (Wildman–Crippen LogP) is 2.51. The molecule has 0 saturated heterocycles. The zero-order valence-electron chi connectivity index (χ0n) is 10.7. The minimum absolute atomic E-state index is 0.249. The van der Waals surface area contributed by atoms with Crippen molar-refractivity contribution >= 4 is 16.9 Å². The van der Waals surface area contributed by atoms with E-state index in [1.165, 1.54) is 0 Å². The van der Waals surface area contributed by atoms with Gasteiger partial charge in [-0.15, -0.1) is 0 Å². The lowest BCUT2D eigenvalue weighted by Crippen LogP contribution is -1.93. The molecule has 6 heteroatoms. The predicted molar refractivity (Wildman–Crippen MR) is 72.5 cm³/mol. The highest BCUT2D eigenvalue weighted by Gasteiger charge is 2.18. The van der Waals surface area contributed by atoms with Crippen LogP contribution in [-0.2, 0) is 0 Å². The molecule has 6 nitrogen and oxygen atoms in total. The number of hydrogen-bond donors (Lipinski definition) is 1. The zero-order valence-corrected chi connectivity index (χ0v) is 10.7. The normalized spacial score (nSPS) is 13.1. The van der Waals surface area contributed by atoms with Crippen LogP contribution < -0.4 is 15.2 Å². The Kier molecular flexibility index (Phi) is 2.14. The molecule has 2 N–H and O–H groups in total. The minimum atomic E-state index is 0.249. The first-order valence-electron chi connectivity index (χ1n) is 6.15. The molecule has 1 aliphatic heterocycles. The van der Waals surface area contributed by atoms with Crippen molar-refractivity contribution in [2.45, 2.75) is 6.92 Å². The van der Waals surface area contributed by atoms with Crippen LogP contribution >= 0.6 is 0 Å². The number of rotatable bonds is 1. The largest absolute Gasteiger partial charge is 0.454 e. The maximum absolute atomic E-state index is 5.88. The molecule has 0 saturated carbocycles. The third kappa shape index (κ3) is 1.51. The summed E-state index contributed by atoms with van der Waals surface area (Å²) in [7, 11) is 0. The van der Waals surface area contributed by atoms with Crippen molar-refractivity contribution in [3.05, 3.63) is 30.0 Å². The van der Waals surface area contributed by atoms with E-state index in [4.69, 9.17) is 19.7 Å². The van der Waals surface area contributed by atoms with Gasteiger partial charge in [0, 0.05) is 11.3 Å². The van der Waals surface area contributed by atoms with E-state index in [0.717, 1.165) is 33.7 Å². The molecule has 3 heterocycles. The average Bonchev–Trinajstić information content (AvgIpc) is 3.04. The summed E-state index contributed by atoms with van der Waals surface area (Å²) in [5, 5.41) is 4.50. The fraction of sp³-hybridized carbons (Fsp3) is 0.143. The third-order valence-electron chi connectivity index (χ3n) is 3.28. The Morgan fingerprint density at radius 2 is 2.00 bits per heavy atom. The van der Waals surface area contributed by atoms with Crippen molar-refractivity contribution in [2.75, 3.05) is 12.5 Å². The number of aromatic nitrogens is 2. The Morgan fingerprint density at radius 3 is 2.90 bits per heavy atom. The fourth-order valence-corrected chi connectivity index (χ4v) is 2.39. The standard InChI is InChI=1S/C14H11N3O3/c1-7-4-9(12-13(15)17-20-14(12)16-7)8-2-3-10-11(5-8)19-6-18-10/h2-5H,6H2,1H3,(H2,15,17). The molecule has 0 spiro atoms. The van der Waals surface area contributed by atoms with Gasteiger partial charge in [-0.05, 0) is 30.7 Å². The Bertz CT molecular complexity index is 826. The number of benzene rings is 1. The van der Waals surface area contributed by atoms with E-state index in [-0.39, 0.29) is 6.79 Å². The van der Waals surface area contributed by atoms with Crippen molar-refractivity contribution in [3.8, 4) is 22.6 Å². The van der Waals surface area contributed by atoms with Gasteiger partial charge in [0.2, 0.25) is 6.79 Å². The van der Waals surface area contributed by atoms with Gasteiger partial charge in [0.05, 0.1) is 5.39 Å². The first kappa shape index (κ1) is 11.1. The van der Waals surface area contributed by atoms with Gasteiger partial charge in [-0.2, -0.15) is 0 Å². The number of nitrogen functional groups attached to an aromatic ring is 1. The highest BCUT2D eigenvalue weighted by Crippen LogP contribution is 2.39. The Morgan fingerprint density at radius 1 is 1.15 bits per heavy atom. The van der Waals surface area contributed by atoms with E-state index in [9.17, 15) is 0 Å². The number of aryl methyl sites for hydroxylation is 1. The van der Waals surface area contributed by atoms with Crippen molar-refractivity contribution in [1.29, 1.82) is 0 Å². The monoisotopic (exact) mass is 269 g/mol. The molecule has 0 radical (unpaired) electrons. The summed E-state index contributed by atoms with van der Waals surface area (Å²) < 4.78 is 15.9. The lowest BCUT2D eigenvalue weighted by Gasteiger charge is -2.05. The molecular weight excluding hydrogens is 258 g/mol. The fourth-order valence-electron chi connectivity index (χ4n) is 2.39. The van der Waals surface area contributed by atoms with Crippen LogP contribution in [0.25, 0.3) is 22.2 Å². The van der Waals surface area contributed by atoms with Crippen molar-refractivity contribution in [2.24, 2.45) is 0 Å². The summed E-state index contributed by atoms with van der Waals surface area (Å²) in [6.07, 6.45) is 0. The van der Waals surface area contributed by atoms with Crippen molar-refractivity contribution < 1.29 is 14.0 Å². The van der Waals surface area contributed by atoms with Gasteiger partial charge in [0.25, 0.3) is 5.71 Å². The minimum Gasteiger partial charge on any atom is -0.454 e. The van der Waals surface area contributed by atoms with E-state index in [2.05, 4.69) is 10.1 Å². The van der Waals surface area contributed by atoms with Gasteiger partial charge in [-0.1, -0.05) is 11.2 Å². The molecular formula is C14H11N3O3. The average molecular weight is 269 g/mol. The molecule has 0 bridgehead atoms. The maximum Gasteiger partial charge on any atom is 0.260 e. The third-order valence-corrected chi connectivity index (χ3v) is 3.28. The van der Waals surface area contributed by atoms with E-state index >= 15 is 0 Å². The maximum atomic E-state index is 5.88. The van der Waals surface area contributed by atoms with Crippen LogP contribution in [-0.4, -0.2) is 16.9 Å². The van der Waals surface area contributed by atoms with E-state index in [0.29, 0.717) is 11.5 Å². The molecule has 0 fully saturated rings. The van der Waals surface area contributed by atoms with Crippen LogP contribution in [0.1, 0.15) is 5.69 Å². The molecule has 0 atom stereocenters. The molecule has 100 valence electrons. The Hall–Kier alpha value is -2.76. The molecule has 20 heavy (non-hydrogen) atoms. The SMILES string of the molecule is Cc1cc(-c2ccc3c(c2)OCO3)c2c(N)noc2n1. The summed E-state index contributed by atoms with van der Waals surface area (Å²) in [5.74, 6) is 1.80. The number of nitrogens with zero attached hydrogens (tertiary/aromatic N) is 2. The molecule has 0 unspecified atom stereocenters. The van der Waals surface area contributed by atoms with E-state index in [1.807, 2.05) is 31.2 Å². The summed E-state index contributed by atoms with van der Waals surface area (Å²) in [6.45, 7) is 2.15. The number of nitrogens with two attached hydrogens (primary N) is 1. The summed E-state index contributed by atoms with van der Waals surface area (Å²) >= 11 is 0. The Balaban J connectivity index is 2.00. The van der Waals surface area contributed by atoms with Crippen molar-refractivity contribution in [1.82, 2.24) is 10.1 Å². The van der Waals surface area contributed by atoms with Gasteiger partial charge in [-0.25, -0.2) is 4.98 Å². The summed E-state index contributed by atoms with van der Waals surface area (Å²) in [4.78, 5) is 4.29. The second-order valence-corrected chi connectivity index (χ2v) is 4.63. The molecule has 2 aromatic heterocycles. The second kappa shape index (κ2) is 3.86. The molecule has 1 aromatic carbocycles. The van der Waals surface area contributed by atoms with E-state index in [1.54, 1.807) is 0 Å². The van der Waals surface area contributed by atoms with Crippen LogP contribution in [0.2, 0.25) is 0 Å². The van der Waals surface area contributed by atoms with Gasteiger partial charge in [-0.3, -0.25) is 0 Å². The molecule has 4 rings (SSSR count). The zero-order chi connectivity index (χ0) is 13.7. The summed E-state index contributed by atoms with van der Waals surface area (Å²) in [6, 6.07) is 7.70. The lowest BCUT2D eigenvalue weighted by molar-refractivity contribution is 0.174. The van der Waals surface area contributed by atoms with Gasteiger partial charge in [0.1, 0.15) is 0 Å². The van der Waals surface area contributed by atoms with Crippen LogP contribution in [0.15, 0.2) is 28.8 Å². The molecule has 0 amide bonds. The van der Waals surface area contributed by atoms with Crippen LogP contribution in [0.5, 0.6) is 11.5 Å². The van der Waals surface area contributed by atoms with Crippen LogP contribution in [0.4, 0.5) is 5.82 Å². The topological polar surface area (TPSA) is 83.4 Å². The lowest BCUT2D eigenvalue weighted by atomic mass is 10.0. The van der Waals surface area contributed by atoms with E-state index < -0.39 is 0 Å². The highest BCUT2D eigenvalue weighted by atomic mass is 16.7. The summed E-state index contributed by atoms with van der Waals surface area (Å²) in [5.41, 5.74) is 9.03. The van der Waals surface area contributed by atoms with Crippen molar-refractivity contribution in [3.63, 3.8) is 0 Å². The van der Waals surface area contributed by atoms with Gasteiger partial charge in [0.15, 0.2) is 17.3 Å². The smallest absolute Gasteiger partial charge is 0.260 e. The van der Waals surface area contributed by atoms with Crippen LogP contribution in [0.3, 0.4) is 0 Å². The molecule has 3 aromatic rings. The highest BCUT2D eigenvalue weighted by molar-refractivity contribution is 5.99. The van der Waals surface area contributed by atoms with Gasteiger partial charge < -0.3 is 19.7 Å². The number of hydrogen-bond acceptors (Lipinski definition) is 6.